The number of anilines is 2. The number of amides is 1. The molecule has 0 atom stereocenters. The highest BCUT2D eigenvalue weighted by Gasteiger charge is 2.17. The van der Waals surface area contributed by atoms with Crippen molar-refractivity contribution in [2.75, 3.05) is 42.9 Å². The number of hydrogen-bond acceptors (Lipinski definition) is 6. The minimum Gasteiger partial charge on any atom is -0.369 e. The lowest BCUT2D eigenvalue weighted by molar-refractivity contribution is -0.115. The van der Waals surface area contributed by atoms with Crippen LogP contribution in [0.25, 0.3) is 10.6 Å². The van der Waals surface area contributed by atoms with Crippen LogP contribution in [0.3, 0.4) is 0 Å². The van der Waals surface area contributed by atoms with Crippen molar-refractivity contribution in [1.29, 1.82) is 0 Å². The summed E-state index contributed by atoms with van der Waals surface area (Å²) >= 11 is 3.24. The summed E-state index contributed by atoms with van der Waals surface area (Å²) in [5.41, 5.74) is 5.24. The van der Waals surface area contributed by atoms with Gasteiger partial charge in [-0.05, 0) is 48.7 Å². The molecule has 0 bridgehead atoms. The fraction of sp³-hybridized carbons (Fsp3) is 0.364. The molecule has 0 radical (unpaired) electrons. The lowest BCUT2D eigenvalue weighted by atomic mass is 10.1. The SMILES string of the molecule is CCN1CCN(c2ccc(NC(=O)Cc3csc(-c4ccsc4)n3)cc2C)CC1. The van der Waals surface area contributed by atoms with Gasteiger partial charge < -0.3 is 15.1 Å². The number of hydrogen-bond donors (Lipinski definition) is 1. The number of thiophene rings is 1. The van der Waals surface area contributed by atoms with E-state index < -0.39 is 0 Å². The van der Waals surface area contributed by atoms with E-state index in [-0.39, 0.29) is 5.91 Å². The molecule has 1 fully saturated rings. The molecule has 1 aliphatic rings. The molecule has 1 N–H and O–H groups in total. The van der Waals surface area contributed by atoms with E-state index in [1.165, 1.54) is 11.3 Å². The Morgan fingerprint density at radius 1 is 1.17 bits per heavy atom. The quantitative estimate of drug-likeness (QED) is 0.630. The first kappa shape index (κ1) is 20.1. The monoisotopic (exact) mass is 426 g/mol. The van der Waals surface area contributed by atoms with E-state index in [4.69, 9.17) is 0 Å². The molecular formula is C22H26N4OS2. The zero-order valence-electron chi connectivity index (χ0n) is 16.9. The number of piperazine rings is 1. The Hall–Kier alpha value is -2.22. The second-order valence-corrected chi connectivity index (χ2v) is 8.94. The topological polar surface area (TPSA) is 48.5 Å². The van der Waals surface area contributed by atoms with Crippen molar-refractivity contribution in [2.45, 2.75) is 20.3 Å². The van der Waals surface area contributed by atoms with E-state index >= 15 is 0 Å². The van der Waals surface area contributed by atoms with Gasteiger partial charge in [0.1, 0.15) is 5.01 Å². The predicted molar refractivity (Wildman–Crippen MR) is 123 cm³/mol. The maximum Gasteiger partial charge on any atom is 0.230 e. The van der Waals surface area contributed by atoms with Crippen molar-refractivity contribution < 1.29 is 4.79 Å². The number of nitrogens with zero attached hydrogens (tertiary/aromatic N) is 3. The largest absolute Gasteiger partial charge is 0.369 e. The van der Waals surface area contributed by atoms with Crippen molar-refractivity contribution in [2.24, 2.45) is 0 Å². The molecule has 1 aliphatic heterocycles. The number of rotatable bonds is 6. The average Bonchev–Trinajstić information content (AvgIpc) is 3.40. The minimum atomic E-state index is -0.0316. The summed E-state index contributed by atoms with van der Waals surface area (Å²) < 4.78 is 0. The molecule has 7 heteroatoms. The molecule has 1 saturated heterocycles. The molecule has 1 aromatic carbocycles. The van der Waals surface area contributed by atoms with Crippen LogP contribution in [0.15, 0.2) is 40.4 Å². The van der Waals surface area contributed by atoms with Gasteiger partial charge in [-0.15, -0.1) is 11.3 Å². The number of aryl methyl sites for hydroxylation is 1. The Morgan fingerprint density at radius 3 is 2.69 bits per heavy atom. The van der Waals surface area contributed by atoms with E-state index in [9.17, 15) is 4.79 Å². The molecule has 4 rings (SSSR count). The smallest absolute Gasteiger partial charge is 0.230 e. The van der Waals surface area contributed by atoms with Crippen LogP contribution in [0.2, 0.25) is 0 Å². The molecule has 2 aromatic heterocycles. The molecule has 0 aliphatic carbocycles. The highest BCUT2D eigenvalue weighted by molar-refractivity contribution is 7.14. The van der Waals surface area contributed by atoms with E-state index in [1.54, 1.807) is 22.7 Å². The van der Waals surface area contributed by atoms with Crippen molar-refractivity contribution >= 4 is 40.0 Å². The van der Waals surface area contributed by atoms with Gasteiger partial charge in [0.05, 0.1) is 12.1 Å². The number of likely N-dealkylation sites (N-methyl/N-ethyl adjacent to an activating group) is 1. The van der Waals surface area contributed by atoms with Crippen LogP contribution in [-0.2, 0) is 11.2 Å². The molecule has 1 amide bonds. The number of carbonyl (C=O) groups excluding carboxylic acids is 1. The van der Waals surface area contributed by atoms with Crippen LogP contribution in [0, 0.1) is 6.92 Å². The second kappa shape index (κ2) is 9.07. The highest BCUT2D eigenvalue weighted by atomic mass is 32.1. The summed E-state index contributed by atoms with van der Waals surface area (Å²) in [5.74, 6) is -0.0316. The number of aromatic nitrogens is 1. The van der Waals surface area contributed by atoms with E-state index in [1.807, 2.05) is 16.8 Å². The van der Waals surface area contributed by atoms with Crippen molar-refractivity contribution in [3.05, 3.63) is 51.7 Å². The third kappa shape index (κ3) is 4.86. The van der Waals surface area contributed by atoms with E-state index in [2.05, 4.69) is 57.5 Å². The van der Waals surface area contributed by atoms with Gasteiger partial charge in [0.15, 0.2) is 0 Å². The summed E-state index contributed by atoms with van der Waals surface area (Å²) in [7, 11) is 0. The summed E-state index contributed by atoms with van der Waals surface area (Å²) in [6.45, 7) is 9.77. The summed E-state index contributed by atoms with van der Waals surface area (Å²) in [4.78, 5) is 22.0. The third-order valence-corrected chi connectivity index (χ3v) is 6.93. The van der Waals surface area contributed by atoms with Gasteiger partial charge in [-0.3, -0.25) is 4.79 Å². The fourth-order valence-corrected chi connectivity index (χ4v) is 5.20. The highest BCUT2D eigenvalue weighted by Crippen LogP contribution is 2.27. The van der Waals surface area contributed by atoms with Gasteiger partial charge in [0.2, 0.25) is 5.91 Å². The first-order valence-electron chi connectivity index (χ1n) is 9.97. The second-order valence-electron chi connectivity index (χ2n) is 7.30. The Balaban J connectivity index is 1.36. The van der Waals surface area contributed by atoms with Crippen LogP contribution >= 0.6 is 22.7 Å². The van der Waals surface area contributed by atoms with Crippen LogP contribution in [0.5, 0.6) is 0 Å². The Kier molecular flexibility index (Phi) is 6.28. The Labute approximate surface area is 180 Å². The maximum absolute atomic E-state index is 12.5. The lowest BCUT2D eigenvalue weighted by Crippen LogP contribution is -2.46. The number of nitrogens with one attached hydrogen (secondary N) is 1. The molecule has 152 valence electrons. The Bertz CT molecular complexity index is 959. The van der Waals surface area contributed by atoms with Gasteiger partial charge in [-0.25, -0.2) is 4.98 Å². The fourth-order valence-electron chi connectivity index (χ4n) is 3.67. The third-order valence-electron chi connectivity index (χ3n) is 5.30. The lowest BCUT2D eigenvalue weighted by Gasteiger charge is -2.36. The number of carbonyl (C=O) groups is 1. The predicted octanol–water partition coefficient (Wildman–Crippen LogP) is 4.50. The summed E-state index contributed by atoms with van der Waals surface area (Å²) in [6.07, 6.45) is 0.292. The molecule has 29 heavy (non-hydrogen) atoms. The zero-order chi connectivity index (χ0) is 20.2. The summed E-state index contributed by atoms with van der Waals surface area (Å²) in [6, 6.07) is 8.26. The van der Waals surface area contributed by atoms with Crippen molar-refractivity contribution in [3.63, 3.8) is 0 Å². The average molecular weight is 427 g/mol. The zero-order valence-corrected chi connectivity index (χ0v) is 18.5. The van der Waals surface area contributed by atoms with Gasteiger partial charge in [0.25, 0.3) is 0 Å². The molecule has 0 unspecified atom stereocenters. The van der Waals surface area contributed by atoms with Gasteiger partial charge in [-0.1, -0.05) is 6.92 Å². The van der Waals surface area contributed by atoms with Crippen molar-refractivity contribution in [3.8, 4) is 10.6 Å². The normalized spacial score (nSPS) is 14.9. The first-order chi connectivity index (χ1) is 14.1. The summed E-state index contributed by atoms with van der Waals surface area (Å²) in [5, 5.41) is 10.1. The van der Waals surface area contributed by atoms with Crippen LogP contribution in [0.1, 0.15) is 18.2 Å². The first-order valence-corrected chi connectivity index (χ1v) is 11.8. The van der Waals surface area contributed by atoms with Crippen molar-refractivity contribution in [1.82, 2.24) is 9.88 Å². The van der Waals surface area contributed by atoms with E-state index in [0.29, 0.717) is 6.42 Å². The molecule has 0 saturated carbocycles. The molecule has 5 nitrogen and oxygen atoms in total. The number of benzene rings is 1. The molecule has 0 spiro atoms. The van der Waals surface area contributed by atoms with Crippen LogP contribution in [-0.4, -0.2) is 48.5 Å². The van der Waals surface area contributed by atoms with Crippen LogP contribution < -0.4 is 10.2 Å². The van der Waals surface area contributed by atoms with Gasteiger partial charge in [0, 0.05) is 53.9 Å². The molecular weight excluding hydrogens is 400 g/mol. The molecule has 3 heterocycles. The Morgan fingerprint density at radius 2 is 2.00 bits per heavy atom. The van der Waals surface area contributed by atoms with Crippen LogP contribution in [0.4, 0.5) is 11.4 Å². The standard InChI is InChI=1S/C22H26N4OS2/c1-3-25-7-9-26(10-8-25)20-5-4-18(12-16(20)2)23-21(27)13-19-15-29-22(24-19)17-6-11-28-14-17/h4-6,11-12,14-15H,3,7-10,13H2,1-2H3,(H,23,27). The van der Waals surface area contributed by atoms with Gasteiger partial charge in [-0.2, -0.15) is 11.3 Å². The minimum absolute atomic E-state index is 0.0316. The van der Waals surface area contributed by atoms with Gasteiger partial charge >= 0.3 is 0 Å². The maximum atomic E-state index is 12.5. The van der Waals surface area contributed by atoms with E-state index in [0.717, 1.165) is 54.7 Å². The molecule has 3 aromatic rings. The number of thiazole rings is 1.